The zero-order valence-electron chi connectivity index (χ0n) is 12.2. The Morgan fingerprint density at radius 3 is 3.05 bits per heavy atom. The molecule has 122 valence electrons. The van der Waals surface area contributed by atoms with Crippen LogP contribution in [0.3, 0.4) is 0 Å². The second-order valence-electron chi connectivity index (χ2n) is 5.00. The predicted octanol–water partition coefficient (Wildman–Crippen LogP) is 1.17. The lowest BCUT2D eigenvalue weighted by Crippen LogP contribution is -2.40. The highest BCUT2D eigenvalue weighted by atomic mass is 35.5. The molecule has 0 bridgehead atoms. The molecule has 1 amide bonds. The van der Waals surface area contributed by atoms with Gasteiger partial charge >= 0.3 is 0 Å². The van der Waals surface area contributed by atoms with Gasteiger partial charge in [0.05, 0.1) is 12.1 Å². The van der Waals surface area contributed by atoms with Crippen LogP contribution in [0.15, 0.2) is 30.7 Å². The topological polar surface area (TPSA) is 67.7 Å². The Morgan fingerprint density at radius 2 is 2.32 bits per heavy atom. The predicted molar refractivity (Wildman–Crippen MR) is 88.7 cm³/mol. The number of hydrogen-bond donors (Lipinski definition) is 2. The fourth-order valence-electron chi connectivity index (χ4n) is 2.46. The summed E-state index contributed by atoms with van der Waals surface area (Å²) in [6.45, 7) is 1.24. The number of imidazole rings is 1. The summed E-state index contributed by atoms with van der Waals surface area (Å²) < 4.78 is 7.18. The van der Waals surface area contributed by atoms with Crippen LogP contribution in [0, 0.1) is 0 Å². The number of carbonyl (C=O) groups excluding carboxylic acids is 1. The molecule has 2 aromatic rings. The fourth-order valence-corrected chi connectivity index (χ4v) is 2.46. The van der Waals surface area contributed by atoms with Crippen molar-refractivity contribution < 1.29 is 9.53 Å². The van der Waals surface area contributed by atoms with Crippen molar-refractivity contribution in [3.8, 4) is 0 Å². The SMILES string of the molecule is CO[C@@H]1CN[C@H](C(=O)NCc2ccn3ccnc3c2)C1.Cl.Cl. The van der Waals surface area contributed by atoms with E-state index in [0.717, 1.165) is 24.2 Å². The first-order valence-corrected chi connectivity index (χ1v) is 6.72. The van der Waals surface area contributed by atoms with Gasteiger partial charge in [-0.2, -0.15) is 0 Å². The van der Waals surface area contributed by atoms with Crippen molar-refractivity contribution in [1.29, 1.82) is 0 Å². The molecule has 1 fully saturated rings. The van der Waals surface area contributed by atoms with Gasteiger partial charge < -0.3 is 19.8 Å². The van der Waals surface area contributed by atoms with E-state index in [1.165, 1.54) is 0 Å². The van der Waals surface area contributed by atoms with Crippen LogP contribution in [0.25, 0.3) is 5.65 Å². The summed E-state index contributed by atoms with van der Waals surface area (Å²) in [5, 5.41) is 6.11. The number of ether oxygens (including phenoxy) is 1. The molecule has 0 spiro atoms. The van der Waals surface area contributed by atoms with Gasteiger partial charge in [0, 0.05) is 38.8 Å². The average molecular weight is 347 g/mol. The molecular weight excluding hydrogens is 327 g/mol. The van der Waals surface area contributed by atoms with Crippen molar-refractivity contribution in [3.05, 3.63) is 36.3 Å². The number of aromatic nitrogens is 2. The van der Waals surface area contributed by atoms with Crippen LogP contribution in [-0.2, 0) is 16.1 Å². The van der Waals surface area contributed by atoms with Crippen LogP contribution in [-0.4, -0.2) is 41.1 Å². The fraction of sp³-hybridized carbons (Fsp3) is 0.429. The summed E-state index contributed by atoms with van der Waals surface area (Å²) in [4.78, 5) is 16.3. The van der Waals surface area contributed by atoms with Gasteiger partial charge in [0.1, 0.15) is 5.65 Å². The first-order chi connectivity index (χ1) is 9.76. The molecule has 22 heavy (non-hydrogen) atoms. The Bertz CT molecular complexity index is 620. The van der Waals surface area contributed by atoms with E-state index < -0.39 is 0 Å². The molecule has 6 nitrogen and oxygen atoms in total. The normalized spacial score (nSPS) is 20.2. The standard InChI is InChI=1S/C14H18N4O2.2ClH/c1-20-11-7-12(16-9-11)14(19)17-8-10-2-4-18-5-3-15-13(18)6-10;;/h2-6,11-12,16H,7-9H2,1H3,(H,17,19);2*1H/t11-,12-;;/m0../s1. The van der Waals surface area contributed by atoms with E-state index in [-0.39, 0.29) is 42.9 Å². The molecule has 0 saturated carbocycles. The van der Waals surface area contributed by atoms with Crippen LogP contribution in [0.2, 0.25) is 0 Å². The van der Waals surface area contributed by atoms with Crippen molar-refractivity contribution in [3.63, 3.8) is 0 Å². The minimum Gasteiger partial charge on any atom is -0.380 e. The lowest BCUT2D eigenvalue weighted by molar-refractivity contribution is -0.123. The van der Waals surface area contributed by atoms with Crippen LogP contribution < -0.4 is 10.6 Å². The first kappa shape index (κ1) is 18.7. The zero-order valence-corrected chi connectivity index (χ0v) is 13.8. The van der Waals surface area contributed by atoms with Gasteiger partial charge in [-0.1, -0.05) is 0 Å². The van der Waals surface area contributed by atoms with Crippen molar-refractivity contribution in [2.24, 2.45) is 0 Å². The number of hydrogen-bond acceptors (Lipinski definition) is 4. The summed E-state index contributed by atoms with van der Waals surface area (Å²) >= 11 is 0. The van der Waals surface area contributed by atoms with Gasteiger partial charge in [0.2, 0.25) is 5.91 Å². The Hall–Kier alpha value is -1.34. The highest BCUT2D eigenvalue weighted by molar-refractivity contribution is 5.85. The van der Waals surface area contributed by atoms with Crippen molar-refractivity contribution in [2.75, 3.05) is 13.7 Å². The first-order valence-electron chi connectivity index (χ1n) is 6.72. The highest BCUT2D eigenvalue weighted by Gasteiger charge is 2.28. The number of nitrogens with zero attached hydrogens (tertiary/aromatic N) is 2. The second-order valence-corrected chi connectivity index (χ2v) is 5.00. The summed E-state index contributed by atoms with van der Waals surface area (Å²) in [6, 6.07) is 3.80. The number of amides is 1. The third-order valence-corrected chi connectivity index (χ3v) is 3.67. The van der Waals surface area contributed by atoms with Crippen LogP contribution in [0.4, 0.5) is 0 Å². The Kier molecular flexibility index (Phi) is 7.09. The molecule has 0 radical (unpaired) electrons. The molecular formula is C14H20Cl2N4O2. The maximum Gasteiger partial charge on any atom is 0.237 e. The molecule has 1 aliphatic heterocycles. The number of halogens is 2. The molecule has 3 rings (SSSR count). The number of nitrogens with one attached hydrogen (secondary N) is 2. The zero-order chi connectivity index (χ0) is 13.9. The molecule has 0 unspecified atom stereocenters. The molecule has 2 atom stereocenters. The van der Waals surface area contributed by atoms with Gasteiger partial charge in [-0.3, -0.25) is 4.79 Å². The number of methoxy groups -OCH3 is 1. The van der Waals surface area contributed by atoms with Crippen LogP contribution in [0.5, 0.6) is 0 Å². The minimum absolute atomic E-state index is 0. The molecule has 8 heteroatoms. The second kappa shape index (κ2) is 8.33. The summed E-state index contributed by atoms with van der Waals surface area (Å²) in [6.07, 6.45) is 6.45. The van der Waals surface area contributed by atoms with E-state index in [4.69, 9.17) is 4.74 Å². The molecule has 2 N–H and O–H groups in total. The van der Waals surface area contributed by atoms with E-state index in [2.05, 4.69) is 15.6 Å². The number of carbonyl (C=O) groups is 1. The van der Waals surface area contributed by atoms with Gasteiger partial charge in [-0.15, -0.1) is 24.8 Å². The molecule has 3 heterocycles. The monoisotopic (exact) mass is 346 g/mol. The third-order valence-electron chi connectivity index (χ3n) is 3.67. The molecule has 0 aliphatic carbocycles. The van der Waals surface area contributed by atoms with E-state index in [1.807, 2.05) is 28.9 Å². The van der Waals surface area contributed by atoms with Crippen molar-refractivity contribution in [1.82, 2.24) is 20.0 Å². The van der Waals surface area contributed by atoms with Crippen LogP contribution >= 0.6 is 24.8 Å². The maximum absolute atomic E-state index is 12.0. The summed E-state index contributed by atoms with van der Waals surface area (Å²) in [5.41, 5.74) is 1.92. The van der Waals surface area contributed by atoms with Gasteiger partial charge in [0.25, 0.3) is 0 Å². The molecule has 2 aromatic heterocycles. The quantitative estimate of drug-likeness (QED) is 0.871. The lowest BCUT2D eigenvalue weighted by Gasteiger charge is -2.11. The number of pyridine rings is 1. The smallest absolute Gasteiger partial charge is 0.237 e. The minimum atomic E-state index is -0.157. The Labute approximate surface area is 141 Å². The maximum atomic E-state index is 12.0. The Balaban J connectivity index is 0.00000121. The van der Waals surface area contributed by atoms with Crippen molar-refractivity contribution >= 4 is 36.4 Å². The number of rotatable bonds is 4. The van der Waals surface area contributed by atoms with E-state index >= 15 is 0 Å². The van der Waals surface area contributed by atoms with Crippen LogP contribution in [0.1, 0.15) is 12.0 Å². The van der Waals surface area contributed by atoms with Gasteiger partial charge in [-0.25, -0.2) is 4.98 Å². The van der Waals surface area contributed by atoms with E-state index in [9.17, 15) is 4.79 Å². The third kappa shape index (κ3) is 4.10. The van der Waals surface area contributed by atoms with Crippen molar-refractivity contribution in [2.45, 2.75) is 25.1 Å². The lowest BCUT2D eigenvalue weighted by atomic mass is 10.2. The number of fused-ring (bicyclic) bond motifs is 1. The molecule has 0 aromatic carbocycles. The molecule has 1 aliphatic rings. The largest absolute Gasteiger partial charge is 0.380 e. The van der Waals surface area contributed by atoms with E-state index in [0.29, 0.717) is 6.54 Å². The Morgan fingerprint density at radius 1 is 1.50 bits per heavy atom. The highest BCUT2D eigenvalue weighted by Crippen LogP contribution is 2.10. The average Bonchev–Trinajstić information content (AvgIpc) is 3.12. The van der Waals surface area contributed by atoms with Gasteiger partial charge in [0.15, 0.2) is 0 Å². The van der Waals surface area contributed by atoms with E-state index in [1.54, 1.807) is 13.3 Å². The summed E-state index contributed by atoms with van der Waals surface area (Å²) in [5.74, 6) is 0.0211. The summed E-state index contributed by atoms with van der Waals surface area (Å²) in [7, 11) is 1.67. The molecule has 1 saturated heterocycles. The van der Waals surface area contributed by atoms with Gasteiger partial charge in [-0.05, 0) is 24.1 Å².